The molecule has 1 aliphatic rings. The van der Waals surface area contributed by atoms with Gasteiger partial charge in [-0.2, -0.15) is 4.98 Å². The Morgan fingerprint density at radius 2 is 2.03 bits per heavy atom. The van der Waals surface area contributed by atoms with Gasteiger partial charge in [0.25, 0.3) is 0 Å². The van der Waals surface area contributed by atoms with Crippen LogP contribution in [-0.2, 0) is 6.42 Å². The number of aromatic nitrogens is 2. The molecule has 0 aliphatic carbocycles. The first-order valence-electron chi connectivity index (χ1n) is 10.2. The van der Waals surface area contributed by atoms with Crippen LogP contribution in [-0.4, -0.2) is 27.6 Å². The number of hydrogen-bond acceptors (Lipinski definition) is 4. The Hall–Kier alpha value is -3.15. The summed E-state index contributed by atoms with van der Waals surface area (Å²) >= 11 is 0. The molecule has 1 N–H and O–H groups in total. The fraction of sp³-hybridized carbons (Fsp3) is 0.348. The van der Waals surface area contributed by atoms with E-state index in [1.807, 2.05) is 60.4 Å². The quantitative estimate of drug-likeness (QED) is 0.650. The lowest BCUT2D eigenvalue weighted by atomic mass is 10.0. The summed E-state index contributed by atoms with van der Waals surface area (Å²) in [6.45, 7) is 4.82. The standard InChI is InChI=1S/C23H26N4O2/c1-3-17-10-12-19(13-11-17)24-23(28)27-14-5-4-9-20(27)22-25-21(26-29-22)18-8-6-7-16(2)15-18/h6-8,10-13,15,20H,3-5,9,14H2,1-2H3,(H,24,28)/t20-/m0/s1. The van der Waals surface area contributed by atoms with Gasteiger partial charge in [0.05, 0.1) is 0 Å². The number of carbonyl (C=O) groups excluding carboxylic acids is 1. The van der Waals surface area contributed by atoms with Crippen molar-refractivity contribution in [3.8, 4) is 11.4 Å². The first-order valence-corrected chi connectivity index (χ1v) is 10.2. The molecule has 1 atom stereocenters. The van der Waals surface area contributed by atoms with Gasteiger partial charge >= 0.3 is 6.03 Å². The van der Waals surface area contributed by atoms with Crippen LogP contribution in [0.3, 0.4) is 0 Å². The summed E-state index contributed by atoms with van der Waals surface area (Å²) in [6.07, 6.45) is 3.79. The smallest absolute Gasteiger partial charge is 0.322 e. The second kappa shape index (κ2) is 8.47. The van der Waals surface area contributed by atoms with Crippen LogP contribution in [0.1, 0.15) is 49.2 Å². The van der Waals surface area contributed by atoms with Crippen LogP contribution in [0.15, 0.2) is 53.1 Å². The van der Waals surface area contributed by atoms with Crippen LogP contribution < -0.4 is 5.32 Å². The summed E-state index contributed by atoms with van der Waals surface area (Å²) in [5, 5.41) is 7.16. The van der Waals surface area contributed by atoms with Crippen molar-refractivity contribution in [2.24, 2.45) is 0 Å². The molecule has 0 radical (unpaired) electrons. The fourth-order valence-corrected chi connectivity index (χ4v) is 3.72. The molecule has 6 nitrogen and oxygen atoms in total. The van der Waals surface area contributed by atoms with E-state index >= 15 is 0 Å². The Labute approximate surface area is 170 Å². The average Bonchev–Trinajstić information content (AvgIpc) is 3.24. The van der Waals surface area contributed by atoms with Gasteiger partial charge in [-0.05, 0) is 56.4 Å². The monoisotopic (exact) mass is 390 g/mol. The molecule has 1 aromatic heterocycles. The van der Waals surface area contributed by atoms with Crippen LogP contribution in [0.5, 0.6) is 0 Å². The first kappa shape index (κ1) is 19.2. The Balaban J connectivity index is 1.52. The van der Waals surface area contributed by atoms with Gasteiger partial charge < -0.3 is 14.7 Å². The summed E-state index contributed by atoms with van der Waals surface area (Å²) < 4.78 is 5.58. The highest BCUT2D eigenvalue weighted by molar-refractivity contribution is 5.89. The lowest BCUT2D eigenvalue weighted by Crippen LogP contribution is -2.41. The van der Waals surface area contributed by atoms with Crippen LogP contribution in [0.25, 0.3) is 11.4 Å². The molecule has 2 heterocycles. The van der Waals surface area contributed by atoms with E-state index in [-0.39, 0.29) is 12.1 Å². The Kier molecular flexibility index (Phi) is 5.60. The van der Waals surface area contributed by atoms with Crippen LogP contribution in [0, 0.1) is 6.92 Å². The van der Waals surface area contributed by atoms with Crippen molar-refractivity contribution >= 4 is 11.7 Å². The van der Waals surface area contributed by atoms with Crippen molar-refractivity contribution in [1.82, 2.24) is 15.0 Å². The van der Waals surface area contributed by atoms with Gasteiger partial charge in [-0.15, -0.1) is 0 Å². The number of likely N-dealkylation sites (tertiary alicyclic amines) is 1. The number of rotatable bonds is 4. The minimum Gasteiger partial charge on any atom is -0.337 e. The molecule has 150 valence electrons. The van der Waals surface area contributed by atoms with Gasteiger partial charge in [-0.25, -0.2) is 4.79 Å². The largest absolute Gasteiger partial charge is 0.337 e. The summed E-state index contributed by atoms with van der Waals surface area (Å²) in [7, 11) is 0. The number of nitrogens with one attached hydrogen (secondary N) is 1. The van der Waals surface area contributed by atoms with Crippen molar-refractivity contribution in [3.63, 3.8) is 0 Å². The zero-order valence-corrected chi connectivity index (χ0v) is 16.9. The highest BCUT2D eigenvalue weighted by Gasteiger charge is 2.32. The SMILES string of the molecule is CCc1ccc(NC(=O)N2CCCC[C@H]2c2nc(-c3cccc(C)c3)no2)cc1. The zero-order valence-electron chi connectivity index (χ0n) is 16.9. The predicted molar refractivity (Wildman–Crippen MR) is 113 cm³/mol. The van der Waals surface area contributed by atoms with E-state index < -0.39 is 0 Å². The summed E-state index contributed by atoms with van der Waals surface area (Å²) in [5.74, 6) is 1.06. The highest BCUT2D eigenvalue weighted by atomic mass is 16.5. The summed E-state index contributed by atoms with van der Waals surface area (Å²) in [6, 6.07) is 15.6. The Bertz CT molecular complexity index is 981. The topological polar surface area (TPSA) is 71.3 Å². The molecule has 0 unspecified atom stereocenters. The molecule has 4 rings (SSSR count). The molecule has 0 bridgehead atoms. The van der Waals surface area contributed by atoms with Gasteiger partial charge in [0, 0.05) is 17.8 Å². The van der Waals surface area contributed by atoms with E-state index in [2.05, 4.69) is 22.4 Å². The van der Waals surface area contributed by atoms with E-state index in [1.165, 1.54) is 5.56 Å². The normalized spacial score (nSPS) is 16.6. The highest BCUT2D eigenvalue weighted by Crippen LogP contribution is 2.31. The van der Waals surface area contributed by atoms with E-state index in [1.54, 1.807) is 0 Å². The predicted octanol–water partition coefficient (Wildman–Crippen LogP) is 5.37. The third kappa shape index (κ3) is 4.31. The van der Waals surface area contributed by atoms with Gasteiger partial charge in [-0.3, -0.25) is 0 Å². The third-order valence-corrected chi connectivity index (χ3v) is 5.38. The lowest BCUT2D eigenvalue weighted by molar-refractivity contribution is 0.142. The number of amides is 2. The van der Waals surface area contributed by atoms with Crippen molar-refractivity contribution in [2.75, 3.05) is 11.9 Å². The maximum absolute atomic E-state index is 13.0. The van der Waals surface area contributed by atoms with Gasteiger partial charge in [0.1, 0.15) is 6.04 Å². The molecular formula is C23H26N4O2. The number of nitrogens with zero attached hydrogens (tertiary/aromatic N) is 3. The van der Waals surface area contributed by atoms with Gasteiger partial charge in [-0.1, -0.05) is 48.0 Å². The number of hydrogen-bond donors (Lipinski definition) is 1. The molecule has 1 fully saturated rings. The molecule has 1 saturated heterocycles. The zero-order chi connectivity index (χ0) is 20.2. The molecule has 2 amide bonds. The van der Waals surface area contributed by atoms with Crippen molar-refractivity contribution in [1.29, 1.82) is 0 Å². The third-order valence-electron chi connectivity index (χ3n) is 5.38. The Morgan fingerprint density at radius 3 is 2.79 bits per heavy atom. The summed E-state index contributed by atoms with van der Waals surface area (Å²) in [5.41, 5.74) is 4.10. The van der Waals surface area contributed by atoms with E-state index in [9.17, 15) is 4.79 Å². The fourth-order valence-electron chi connectivity index (χ4n) is 3.72. The molecular weight excluding hydrogens is 364 g/mol. The van der Waals surface area contributed by atoms with Crippen LogP contribution in [0.4, 0.5) is 10.5 Å². The minimum absolute atomic E-state index is 0.130. The molecule has 29 heavy (non-hydrogen) atoms. The van der Waals surface area contributed by atoms with Crippen molar-refractivity contribution in [3.05, 3.63) is 65.5 Å². The van der Waals surface area contributed by atoms with Crippen LogP contribution in [0.2, 0.25) is 0 Å². The molecule has 1 aliphatic heterocycles. The summed E-state index contributed by atoms with van der Waals surface area (Å²) in [4.78, 5) is 19.4. The average molecular weight is 390 g/mol. The number of aryl methyl sites for hydroxylation is 2. The minimum atomic E-state index is -0.204. The van der Waals surface area contributed by atoms with E-state index in [0.717, 1.165) is 42.5 Å². The second-order valence-electron chi connectivity index (χ2n) is 7.51. The Morgan fingerprint density at radius 1 is 1.21 bits per heavy atom. The van der Waals surface area contributed by atoms with Gasteiger partial charge in [0.15, 0.2) is 0 Å². The second-order valence-corrected chi connectivity index (χ2v) is 7.51. The molecule has 0 spiro atoms. The number of piperidine rings is 1. The number of benzene rings is 2. The van der Waals surface area contributed by atoms with Crippen molar-refractivity contribution in [2.45, 2.75) is 45.6 Å². The number of carbonyl (C=O) groups is 1. The number of urea groups is 1. The molecule has 6 heteroatoms. The maximum Gasteiger partial charge on any atom is 0.322 e. The van der Waals surface area contributed by atoms with Crippen LogP contribution >= 0.6 is 0 Å². The number of anilines is 1. The van der Waals surface area contributed by atoms with Gasteiger partial charge in [0.2, 0.25) is 11.7 Å². The molecule has 0 saturated carbocycles. The molecule has 3 aromatic rings. The van der Waals surface area contributed by atoms with E-state index in [4.69, 9.17) is 4.52 Å². The van der Waals surface area contributed by atoms with E-state index in [0.29, 0.717) is 18.3 Å². The maximum atomic E-state index is 13.0. The lowest BCUT2D eigenvalue weighted by Gasteiger charge is -2.33. The molecule has 2 aromatic carbocycles. The van der Waals surface area contributed by atoms with Crippen molar-refractivity contribution < 1.29 is 9.32 Å². The first-order chi connectivity index (χ1) is 14.1.